The fourth-order valence-corrected chi connectivity index (χ4v) is 2.28. The Labute approximate surface area is 97.1 Å². The normalized spacial score (nSPS) is 24.6. The van der Waals surface area contributed by atoms with Gasteiger partial charge in [-0.3, -0.25) is 4.79 Å². The Kier molecular flexibility index (Phi) is 3.39. The summed E-state index contributed by atoms with van der Waals surface area (Å²) >= 11 is 0. The van der Waals surface area contributed by atoms with Crippen LogP contribution in [0.5, 0.6) is 0 Å². The second kappa shape index (κ2) is 4.79. The molecule has 2 heteroatoms. The minimum Gasteiger partial charge on any atom is -0.316 e. The molecule has 0 bridgehead atoms. The Balaban J connectivity index is 1.99. The van der Waals surface area contributed by atoms with E-state index in [1.54, 1.807) is 0 Å². The maximum absolute atomic E-state index is 12.1. The summed E-state index contributed by atoms with van der Waals surface area (Å²) in [6, 6.07) is 8.25. The molecule has 1 saturated heterocycles. The van der Waals surface area contributed by atoms with Crippen LogP contribution in [0.25, 0.3) is 0 Å². The standard InChI is InChI=1S/C14H19NO/c1-10-3-5-12(6-4-10)7-14(16)13-9-15-8-11(13)2/h3-6,11,13,15H,7-9H2,1-2H3. The molecule has 0 spiro atoms. The fraction of sp³-hybridized carbons (Fsp3) is 0.500. The SMILES string of the molecule is Cc1ccc(CC(=O)C2CNCC2C)cc1. The molecule has 1 N–H and O–H groups in total. The number of hydrogen-bond acceptors (Lipinski definition) is 2. The van der Waals surface area contributed by atoms with Crippen LogP contribution >= 0.6 is 0 Å². The Bertz CT molecular complexity index is 369. The predicted molar refractivity (Wildman–Crippen MR) is 65.4 cm³/mol. The third-order valence-electron chi connectivity index (χ3n) is 3.43. The first kappa shape index (κ1) is 11.3. The van der Waals surface area contributed by atoms with E-state index in [-0.39, 0.29) is 5.92 Å². The first-order valence-corrected chi connectivity index (χ1v) is 5.96. The van der Waals surface area contributed by atoms with Gasteiger partial charge in [-0.25, -0.2) is 0 Å². The van der Waals surface area contributed by atoms with Gasteiger partial charge in [0.2, 0.25) is 0 Å². The summed E-state index contributed by atoms with van der Waals surface area (Å²) in [6.45, 7) is 6.04. The van der Waals surface area contributed by atoms with Gasteiger partial charge in [0, 0.05) is 18.9 Å². The molecular weight excluding hydrogens is 198 g/mol. The first-order chi connectivity index (χ1) is 7.66. The van der Waals surface area contributed by atoms with Crippen LogP contribution in [-0.4, -0.2) is 18.9 Å². The number of ketones is 1. The van der Waals surface area contributed by atoms with E-state index in [1.165, 1.54) is 5.56 Å². The highest BCUT2D eigenvalue weighted by molar-refractivity contribution is 5.84. The van der Waals surface area contributed by atoms with E-state index in [0.29, 0.717) is 18.1 Å². The summed E-state index contributed by atoms with van der Waals surface area (Å²) in [5.74, 6) is 1.07. The van der Waals surface area contributed by atoms with Gasteiger partial charge in [0.1, 0.15) is 5.78 Å². The molecular formula is C14H19NO. The molecule has 1 aromatic carbocycles. The summed E-state index contributed by atoms with van der Waals surface area (Å²) in [5, 5.41) is 3.28. The van der Waals surface area contributed by atoms with Crippen LogP contribution < -0.4 is 5.32 Å². The zero-order valence-corrected chi connectivity index (χ0v) is 9.99. The lowest BCUT2D eigenvalue weighted by Gasteiger charge is -2.12. The van der Waals surface area contributed by atoms with E-state index < -0.39 is 0 Å². The van der Waals surface area contributed by atoms with Gasteiger partial charge in [0.25, 0.3) is 0 Å². The summed E-state index contributed by atoms with van der Waals surface area (Å²) in [6.07, 6.45) is 0.580. The second-order valence-electron chi connectivity index (χ2n) is 4.87. The van der Waals surface area contributed by atoms with Crippen LogP contribution in [-0.2, 0) is 11.2 Å². The van der Waals surface area contributed by atoms with Gasteiger partial charge in [0.15, 0.2) is 0 Å². The lowest BCUT2D eigenvalue weighted by Crippen LogP contribution is -2.23. The van der Waals surface area contributed by atoms with E-state index in [4.69, 9.17) is 0 Å². The van der Waals surface area contributed by atoms with E-state index in [9.17, 15) is 4.79 Å². The fourth-order valence-electron chi connectivity index (χ4n) is 2.28. The van der Waals surface area contributed by atoms with Crippen LogP contribution in [0, 0.1) is 18.8 Å². The van der Waals surface area contributed by atoms with Gasteiger partial charge >= 0.3 is 0 Å². The molecule has 0 radical (unpaired) electrons. The quantitative estimate of drug-likeness (QED) is 0.838. The molecule has 2 unspecified atom stereocenters. The number of benzene rings is 1. The second-order valence-corrected chi connectivity index (χ2v) is 4.87. The van der Waals surface area contributed by atoms with Crippen molar-refractivity contribution in [2.75, 3.05) is 13.1 Å². The number of rotatable bonds is 3. The molecule has 2 nitrogen and oxygen atoms in total. The van der Waals surface area contributed by atoms with E-state index >= 15 is 0 Å². The van der Waals surface area contributed by atoms with Gasteiger partial charge in [-0.1, -0.05) is 36.8 Å². The Morgan fingerprint density at radius 1 is 1.31 bits per heavy atom. The molecule has 0 amide bonds. The highest BCUT2D eigenvalue weighted by Gasteiger charge is 2.28. The minimum atomic E-state index is 0.210. The lowest BCUT2D eigenvalue weighted by molar-refractivity contribution is -0.122. The summed E-state index contributed by atoms with van der Waals surface area (Å²) in [4.78, 5) is 12.1. The summed E-state index contributed by atoms with van der Waals surface area (Å²) in [5.41, 5.74) is 2.38. The van der Waals surface area contributed by atoms with E-state index in [2.05, 4.69) is 43.4 Å². The molecule has 86 valence electrons. The number of carbonyl (C=O) groups is 1. The van der Waals surface area contributed by atoms with Gasteiger partial charge in [-0.05, 0) is 24.9 Å². The summed E-state index contributed by atoms with van der Waals surface area (Å²) < 4.78 is 0. The Hall–Kier alpha value is -1.15. The molecule has 0 aromatic heterocycles. The molecule has 16 heavy (non-hydrogen) atoms. The maximum Gasteiger partial charge on any atom is 0.141 e. The molecule has 0 saturated carbocycles. The van der Waals surface area contributed by atoms with Crippen molar-refractivity contribution in [3.63, 3.8) is 0 Å². The highest BCUT2D eigenvalue weighted by Crippen LogP contribution is 2.19. The monoisotopic (exact) mass is 217 g/mol. The maximum atomic E-state index is 12.1. The lowest BCUT2D eigenvalue weighted by atomic mass is 9.90. The third kappa shape index (κ3) is 2.50. The van der Waals surface area contributed by atoms with Crippen molar-refractivity contribution in [3.8, 4) is 0 Å². The summed E-state index contributed by atoms with van der Waals surface area (Å²) in [7, 11) is 0. The molecule has 2 atom stereocenters. The number of hydrogen-bond donors (Lipinski definition) is 1. The first-order valence-electron chi connectivity index (χ1n) is 5.96. The topological polar surface area (TPSA) is 29.1 Å². The number of Topliss-reactive ketones (excluding diaryl/α,β-unsaturated/α-hetero) is 1. The van der Waals surface area contributed by atoms with Crippen molar-refractivity contribution >= 4 is 5.78 Å². The van der Waals surface area contributed by atoms with Crippen LogP contribution in [0.1, 0.15) is 18.1 Å². The number of nitrogens with one attached hydrogen (secondary N) is 1. The molecule has 1 aliphatic heterocycles. The molecule has 1 fully saturated rings. The number of carbonyl (C=O) groups excluding carboxylic acids is 1. The smallest absolute Gasteiger partial charge is 0.141 e. The highest BCUT2D eigenvalue weighted by atomic mass is 16.1. The van der Waals surface area contributed by atoms with Crippen LogP contribution in [0.2, 0.25) is 0 Å². The van der Waals surface area contributed by atoms with Crippen LogP contribution in [0.4, 0.5) is 0 Å². The van der Waals surface area contributed by atoms with Crippen molar-refractivity contribution in [3.05, 3.63) is 35.4 Å². The third-order valence-corrected chi connectivity index (χ3v) is 3.43. The average molecular weight is 217 g/mol. The molecule has 1 aromatic rings. The van der Waals surface area contributed by atoms with Gasteiger partial charge < -0.3 is 5.32 Å². The minimum absolute atomic E-state index is 0.210. The largest absolute Gasteiger partial charge is 0.316 e. The average Bonchev–Trinajstić information content (AvgIpc) is 2.68. The van der Waals surface area contributed by atoms with E-state index in [1.807, 2.05) is 0 Å². The zero-order chi connectivity index (χ0) is 11.5. The van der Waals surface area contributed by atoms with Crippen molar-refractivity contribution < 1.29 is 4.79 Å². The van der Waals surface area contributed by atoms with Crippen LogP contribution in [0.15, 0.2) is 24.3 Å². The molecule has 0 aliphatic carbocycles. The molecule has 2 rings (SSSR count). The van der Waals surface area contributed by atoms with Gasteiger partial charge in [-0.2, -0.15) is 0 Å². The Morgan fingerprint density at radius 3 is 2.56 bits per heavy atom. The number of aryl methyl sites for hydroxylation is 1. The van der Waals surface area contributed by atoms with Crippen molar-refractivity contribution in [1.29, 1.82) is 0 Å². The zero-order valence-electron chi connectivity index (χ0n) is 9.99. The van der Waals surface area contributed by atoms with E-state index in [0.717, 1.165) is 18.7 Å². The van der Waals surface area contributed by atoms with Crippen molar-refractivity contribution in [2.24, 2.45) is 11.8 Å². The van der Waals surface area contributed by atoms with Crippen molar-refractivity contribution in [1.82, 2.24) is 5.32 Å². The molecule has 1 heterocycles. The Morgan fingerprint density at radius 2 is 2.00 bits per heavy atom. The molecule has 1 aliphatic rings. The van der Waals surface area contributed by atoms with Gasteiger partial charge in [0.05, 0.1) is 0 Å². The predicted octanol–water partition coefficient (Wildman–Crippen LogP) is 1.96. The van der Waals surface area contributed by atoms with Crippen molar-refractivity contribution in [2.45, 2.75) is 20.3 Å². The van der Waals surface area contributed by atoms with Crippen LogP contribution in [0.3, 0.4) is 0 Å². The van der Waals surface area contributed by atoms with Gasteiger partial charge in [-0.15, -0.1) is 0 Å².